The molecule has 2 aromatic carbocycles. The molecule has 1 aliphatic rings. The third kappa shape index (κ3) is 3.63. The summed E-state index contributed by atoms with van der Waals surface area (Å²) in [6.07, 6.45) is 5.15. The summed E-state index contributed by atoms with van der Waals surface area (Å²) in [4.78, 5) is 13.4. The van der Waals surface area contributed by atoms with Crippen molar-refractivity contribution in [3.63, 3.8) is 0 Å². The lowest BCUT2D eigenvalue weighted by Gasteiger charge is -2.28. The molecule has 1 aliphatic heterocycles. The van der Waals surface area contributed by atoms with Crippen LogP contribution in [0.15, 0.2) is 58.5 Å². The quantitative estimate of drug-likeness (QED) is 0.510. The van der Waals surface area contributed by atoms with Crippen molar-refractivity contribution in [2.24, 2.45) is 0 Å². The van der Waals surface area contributed by atoms with Crippen molar-refractivity contribution in [3.05, 3.63) is 59.7 Å². The second-order valence-electron chi connectivity index (χ2n) is 6.98. The zero-order chi connectivity index (χ0) is 19.5. The number of anilines is 1. The smallest absolute Gasteiger partial charge is 0.346 e. The van der Waals surface area contributed by atoms with Crippen molar-refractivity contribution in [3.8, 4) is 17.4 Å². The Hall–Kier alpha value is -3.52. The molecule has 0 amide bonds. The highest BCUT2D eigenvalue weighted by Gasteiger charge is 2.12. The van der Waals surface area contributed by atoms with Crippen molar-refractivity contribution in [2.45, 2.75) is 19.3 Å². The number of hydrogen-bond acceptors (Lipinski definition) is 4. The summed E-state index contributed by atoms with van der Waals surface area (Å²) < 4.78 is 5.98. The Morgan fingerprint density at radius 2 is 1.82 bits per heavy atom. The molecule has 4 rings (SSSR count). The minimum Gasteiger partial charge on any atom is -0.477 e. The predicted molar refractivity (Wildman–Crippen MR) is 109 cm³/mol. The fourth-order valence-corrected chi connectivity index (χ4v) is 3.58. The zero-order valence-corrected chi connectivity index (χ0v) is 15.4. The van der Waals surface area contributed by atoms with Gasteiger partial charge in [-0.2, -0.15) is 5.26 Å². The van der Waals surface area contributed by atoms with E-state index in [0.717, 1.165) is 29.8 Å². The summed E-state index contributed by atoms with van der Waals surface area (Å²) in [7, 11) is 0. The largest absolute Gasteiger partial charge is 0.477 e. The van der Waals surface area contributed by atoms with Gasteiger partial charge in [0.2, 0.25) is 0 Å². The maximum absolute atomic E-state index is 11.0. The van der Waals surface area contributed by atoms with E-state index < -0.39 is 5.97 Å². The Kier molecular flexibility index (Phi) is 4.86. The van der Waals surface area contributed by atoms with Gasteiger partial charge in [-0.1, -0.05) is 12.1 Å². The molecule has 0 spiro atoms. The summed E-state index contributed by atoms with van der Waals surface area (Å²) in [6.45, 7) is 2.22. The number of fused-ring (bicyclic) bond motifs is 1. The molecule has 140 valence electrons. The van der Waals surface area contributed by atoms with Gasteiger partial charge in [0.05, 0.1) is 0 Å². The molecule has 0 bridgehead atoms. The van der Waals surface area contributed by atoms with Crippen LogP contribution in [-0.4, -0.2) is 24.2 Å². The van der Waals surface area contributed by atoms with E-state index in [1.165, 1.54) is 31.0 Å². The Balaban J connectivity index is 1.61. The lowest BCUT2D eigenvalue weighted by molar-refractivity contribution is -0.132. The maximum atomic E-state index is 11.0. The van der Waals surface area contributed by atoms with Crippen LogP contribution in [0.2, 0.25) is 0 Å². The third-order valence-electron chi connectivity index (χ3n) is 5.08. The first kappa shape index (κ1) is 17.9. The van der Waals surface area contributed by atoms with Crippen molar-refractivity contribution < 1.29 is 14.3 Å². The highest BCUT2D eigenvalue weighted by atomic mass is 16.4. The van der Waals surface area contributed by atoms with Crippen LogP contribution in [0.25, 0.3) is 28.4 Å². The lowest BCUT2D eigenvalue weighted by Crippen LogP contribution is -2.29. The van der Waals surface area contributed by atoms with Crippen LogP contribution in [0.3, 0.4) is 0 Å². The molecule has 5 nitrogen and oxygen atoms in total. The number of hydrogen-bond donors (Lipinski definition) is 1. The van der Waals surface area contributed by atoms with Crippen LogP contribution in [-0.2, 0) is 4.79 Å². The molecule has 5 heteroatoms. The number of rotatable bonds is 4. The second kappa shape index (κ2) is 7.61. The van der Waals surface area contributed by atoms with Crippen molar-refractivity contribution >= 4 is 28.7 Å². The van der Waals surface area contributed by atoms with Crippen LogP contribution < -0.4 is 4.90 Å². The van der Waals surface area contributed by atoms with Gasteiger partial charge in [0.15, 0.2) is 0 Å². The number of aliphatic carboxylic acids is 1. The summed E-state index contributed by atoms with van der Waals surface area (Å²) in [5.74, 6) is -0.475. The van der Waals surface area contributed by atoms with Gasteiger partial charge in [-0.25, -0.2) is 4.79 Å². The SMILES string of the molecule is N#C/C(=C/c1ccc2cc(-c3ccc(N4CCCCC4)cc3)oc2c1)C(=O)O. The van der Waals surface area contributed by atoms with E-state index in [2.05, 4.69) is 29.2 Å². The Bertz CT molecular complexity index is 1080. The van der Waals surface area contributed by atoms with Crippen LogP contribution in [0.5, 0.6) is 0 Å². The average Bonchev–Trinajstić information content (AvgIpc) is 3.16. The molecule has 1 aromatic heterocycles. The Morgan fingerprint density at radius 3 is 2.50 bits per heavy atom. The van der Waals surface area contributed by atoms with Crippen LogP contribution in [0.1, 0.15) is 24.8 Å². The normalized spacial score (nSPS) is 14.8. The number of carboxylic acid groups (broad SMARTS) is 1. The minimum absolute atomic E-state index is 0.306. The van der Waals surface area contributed by atoms with Crippen molar-refractivity contribution in [2.75, 3.05) is 18.0 Å². The van der Waals surface area contributed by atoms with Gasteiger partial charge in [0.1, 0.15) is 23.0 Å². The highest BCUT2D eigenvalue weighted by molar-refractivity contribution is 5.97. The van der Waals surface area contributed by atoms with Gasteiger partial charge in [-0.15, -0.1) is 0 Å². The topological polar surface area (TPSA) is 77.5 Å². The number of carbonyl (C=O) groups is 1. The Labute approximate surface area is 163 Å². The summed E-state index contributed by atoms with van der Waals surface area (Å²) in [5, 5.41) is 18.8. The van der Waals surface area contributed by atoms with Crippen molar-refractivity contribution in [1.82, 2.24) is 0 Å². The van der Waals surface area contributed by atoms with Gasteiger partial charge in [0, 0.05) is 29.7 Å². The first-order valence-corrected chi connectivity index (χ1v) is 9.38. The number of carboxylic acids is 1. The second-order valence-corrected chi connectivity index (χ2v) is 6.98. The number of benzene rings is 2. The van der Waals surface area contributed by atoms with E-state index in [9.17, 15) is 4.79 Å². The monoisotopic (exact) mass is 372 g/mol. The van der Waals surface area contributed by atoms with E-state index in [0.29, 0.717) is 11.1 Å². The molecule has 0 unspecified atom stereocenters. The van der Waals surface area contributed by atoms with E-state index in [1.54, 1.807) is 18.2 Å². The molecular formula is C23H20N2O3. The summed E-state index contributed by atoms with van der Waals surface area (Å²) in [6, 6.07) is 17.5. The van der Waals surface area contributed by atoms with Gasteiger partial charge >= 0.3 is 5.97 Å². The first-order chi connectivity index (χ1) is 13.6. The summed E-state index contributed by atoms with van der Waals surface area (Å²) in [5.41, 5.74) is 3.21. The highest BCUT2D eigenvalue weighted by Crippen LogP contribution is 2.30. The van der Waals surface area contributed by atoms with E-state index in [-0.39, 0.29) is 5.57 Å². The molecule has 1 fully saturated rings. The fraction of sp³-hybridized carbons (Fsp3) is 0.217. The molecule has 0 atom stereocenters. The summed E-state index contributed by atoms with van der Waals surface area (Å²) >= 11 is 0. The molecule has 0 aliphatic carbocycles. The number of piperidine rings is 1. The minimum atomic E-state index is -1.24. The molecule has 0 saturated carbocycles. The Morgan fingerprint density at radius 1 is 1.07 bits per heavy atom. The fourth-order valence-electron chi connectivity index (χ4n) is 3.58. The van der Waals surface area contributed by atoms with Gasteiger partial charge in [0.25, 0.3) is 0 Å². The third-order valence-corrected chi connectivity index (χ3v) is 5.08. The molecule has 28 heavy (non-hydrogen) atoms. The number of nitrogens with zero attached hydrogens (tertiary/aromatic N) is 2. The van der Waals surface area contributed by atoms with E-state index in [1.807, 2.05) is 12.1 Å². The molecule has 2 heterocycles. The molecule has 1 saturated heterocycles. The molecule has 0 radical (unpaired) electrons. The van der Waals surface area contributed by atoms with E-state index >= 15 is 0 Å². The maximum Gasteiger partial charge on any atom is 0.346 e. The standard InChI is InChI=1S/C23H20N2O3/c24-15-19(23(26)27)12-16-4-5-18-14-22(28-21(18)13-16)17-6-8-20(9-7-17)25-10-2-1-3-11-25/h4-9,12-14H,1-3,10-11H2,(H,26,27)/b19-12-. The molecule has 1 N–H and O–H groups in total. The van der Waals surface area contributed by atoms with Gasteiger partial charge < -0.3 is 14.4 Å². The van der Waals surface area contributed by atoms with Gasteiger partial charge in [-0.05, 0) is 67.3 Å². The lowest BCUT2D eigenvalue weighted by atomic mass is 10.1. The van der Waals surface area contributed by atoms with E-state index in [4.69, 9.17) is 14.8 Å². The zero-order valence-electron chi connectivity index (χ0n) is 15.4. The van der Waals surface area contributed by atoms with Gasteiger partial charge in [-0.3, -0.25) is 0 Å². The first-order valence-electron chi connectivity index (χ1n) is 9.38. The predicted octanol–water partition coefficient (Wildman–Crippen LogP) is 5.08. The van der Waals surface area contributed by atoms with Crippen LogP contribution in [0.4, 0.5) is 5.69 Å². The number of furan rings is 1. The molecular weight excluding hydrogens is 352 g/mol. The van der Waals surface area contributed by atoms with Crippen LogP contribution >= 0.6 is 0 Å². The number of nitriles is 1. The average molecular weight is 372 g/mol. The van der Waals surface area contributed by atoms with Crippen LogP contribution in [0, 0.1) is 11.3 Å². The van der Waals surface area contributed by atoms with Crippen molar-refractivity contribution in [1.29, 1.82) is 5.26 Å². The molecule has 3 aromatic rings.